The van der Waals surface area contributed by atoms with Crippen molar-refractivity contribution in [2.24, 2.45) is 0 Å². The van der Waals surface area contributed by atoms with Crippen molar-refractivity contribution in [1.82, 2.24) is 0 Å². The predicted molar refractivity (Wildman–Crippen MR) is 67.7 cm³/mol. The minimum absolute atomic E-state index is 0.161. The molecule has 0 amide bonds. The SMILES string of the molecule is OCc1c(F)c(F)c(-c2c(Cl)cccc2Cl)c(F)c1F. The van der Waals surface area contributed by atoms with E-state index in [-0.39, 0.29) is 15.6 Å². The fourth-order valence-corrected chi connectivity index (χ4v) is 2.36. The fourth-order valence-electron chi connectivity index (χ4n) is 1.77. The second kappa shape index (κ2) is 5.60. The van der Waals surface area contributed by atoms with Crippen LogP contribution in [-0.2, 0) is 6.61 Å². The molecule has 1 N–H and O–H groups in total. The maximum Gasteiger partial charge on any atom is 0.170 e. The van der Waals surface area contributed by atoms with Crippen molar-refractivity contribution in [2.45, 2.75) is 6.61 Å². The lowest BCUT2D eigenvalue weighted by molar-refractivity contribution is 0.263. The summed E-state index contributed by atoms with van der Waals surface area (Å²) in [5, 5.41) is 8.43. The number of aliphatic hydroxyl groups excluding tert-OH is 1. The number of hydrogen-bond acceptors (Lipinski definition) is 1. The van der Waals surface area contributed by atoms with Gasteiger partial charge in [0.05, 0.1) is 27.8 Å². The molecule has 0 aliphatic rings. The van der Waals surface area contributed by atoms with Crippen molar-refractivity contribution in [3.63, 3.8) is 0 Å². The Balaban J connectivity index is 2.89. The maximum atomic E-state index is 13.9. The molecule has 1 nitrogen and oxygen atoms in total. The number of rotatable bonds is 2. The van der Waals surface area contributed by atoms with E-state index >= 15 is 0 Å². The summed E-state index contributed by atoms with van der Waals surface area (Å²) in [5.74, 6) is -6.69. The Hall–Kier alpha value is -1.30. The first-order valence-electron chi connectivity index (χ1n) is 5.30. The molecular formula is C13H6Cl2F4O. The summed E-state index contributed by atoms with van der Waals surface area (Å²) in [6, 6.07) is 3.97. The van der Waals surface area contributed by atoms with Crippen LogP contribution in [0, 0.1) is 23.3 Å². The van der Waals surface area contributed by atoms with Gasteiger partial charge >= 0.3 is 0 Å². The molecule has 2 rings (SSSR count). The topological polar surface area (TPSA) is 20.2 Å². The van der Waals surface area contributed by atoms with Crippen LogP contribution >= 0.6 is 23.2 Å². The summed E-state index contributed by atoms with van der Waals surface area (Å²) >= 11 is 11.5. The molecule has 0 aliphatic heterocycles. The van der Waals surface area contributed by atoms with Crippen molar-refractivity contribution in [2.75, 3.05) is 0 Å². The molecule has 7 heteroatoms. The lowest BCUT2D eigenvalue weighted by atomic mass is 10.0. The lowest BCUT2D eigenvalue weighted by Crippen LogP contribution is -2.06. The van der Waals surface area contributed by atoms with Crippen LogP contribution in [0.4, 0.5) is 17.6 Å². The Labute approximate surface area is 121 Å². The molecular weight excluding hydrogens is 319 g/mol. The van der Waals surface area contributed by atoms with Crippen LogP contribution in [0.1, 0.15) is 5.56 Å². The predicted octanol–water partition coefficient (Wildman–Crippen LogP) is 4.71. The van der Waals surface area contributed by atoms with Gasteiger partial charge in [-0.15, -0.1) is 0 Å². The third kappa shape index (κ3) is 2.26. The van der Waals surface area contributed by atoms with E-state index in [0.717, 1.165) is 0 Å². The summed E-state index contributed by atoms with van der Waals surface area (Å²) in [7, 11) is 0. The van der Waals surface area contributed by atoms with Gasteiger partial charge in [0.1, 0.15) is 0 Å². The van der Waals surface area contributed by atoms with Gasteiger partial charge in [0.25, 0.3) is 0 Å². The third-order valence-electron chi connectivity index (χ3n) is 2.73. The Morgan fingerprint density at radius 2 is 1.25 bits per heavy atom. The standard InChI is InChI=1S/C13H6Cl2F4O/c14-6-2-1-3-7(15)8(6)9-12(18)10(16)5(4-20)11(17)13(9)19/h1-3,20H,4H2. The Kier molecular flexibility index (Phi) is 4.22. The Morgan fingerprint density at radius 3 is 1.65 bits per heavy atom. The van der Waals surface area contributed by atoms with Crippen LogP contribution in [0.25, 0.3) is 11.1 Å². The van der Waals surface area contributed by atoms with E-state index < -0.39 is 41.0 Å². The van der Waals surface area contributed by atoms with E-state index in [2.05, 4.69) is 0 Å². The molecule has 0 atom stereocenters. The zero-order chi connectivity index (χ0) is 15.0. The summed E-state index contributed by atoms with van der Waals surface area (Å²) in [6.07, 6.45) is 0. The van der Waals surface area contributed by atoms with Crippen molar-refractivity contribution in [3.05, 3.63) is 57.1 Å². The molecule has 0 aromatic heterocycles. The van der Waals surface area contributed by atoms with Gasteiger partial charge in [0, 0.05) is 5.56 Å². The summed E-state index contributed by atoms with van der Waals surface area (Å²) < 4.78 is 55.1. The quantitative estimate of drug-likeness (QED) is 0.626. The molecule has 0 unspecified atom stereocenters. The normalized spacial score (nSPS) is 10.9. The molecule has 20 heavy (non-hydrogen) atoms. The van der Waals surface area contributed by atoms with Crippen molar-refractivity contribution < 1.29 is 22.7 Å². The Bertz CT molecular complexity index is 639. The zero-order valence-electron chi connectivity index (χ0n) is 9.65. The highest BCUT2D eigenvalue weighted by Gasteiger charge is 2.28. The highest BCUT2D eigenvalue weighted by Crippen LogP contribution is 2.39. The second-order valence-corrected chi connectivity index (χ2v) is 4.68. The Morgan fingerprint density at radius 1 is 0.800 bits per heavy atom. The van der Waals surface area contributed by atoms with Crippen LogP contribution in [0.2, 0.25) is 10.0 Å². The fraction of sp³-hybridized carbons (Fsp3) is 0.0769. The lowest BCUT2D eigenvalue weighted by Gasteiger charge is -2.13. The summed E-state index contributed by atoms with van der Waals surface area (Å²) in [6.45, 7) is -1.18. The number of benzene rings is 2. The molecule has 0 saturated heterocycles. The average molecular weight is 325 g/mol. The van der Waals surface area contributed by atoms with Gasteiger partial charge in [-0.3, -0.25) is 0 Å². The molecule has 0 radical (unpaired) electrons. The van der Waals surface area contributed by atoms with E-state index in [4.69, 9.17) is 28.3 Å². The minimum Gasteiger partial charge on any atom is -0.391 e. The monoisotopic (exact) mass is 324 g/mol. The van der Waals surface area contributed by atoms with Crippen molar-refractivity contribution in [1.29, 1.82) is 0 Å². The highest BCUT2D eigenvalue weighted by atomic mass is 35.5. The van der Waals surface area contributed by atoms with Crippen LogP contribution in [-0.4, -0.2) is 5.11 Å². The molecule has 0 heterocycles. The van der Waals surface area contributed by atoms with Crippen LogP contribution in [0.3, 0.4) is 0 Å². The van der Waals surface area contributed by atoms with Gasteiger partial charge in [-0.1, -0.05) is 29.3 Å². The molecule has 0 bridgehead atoms. The average Bonchev–Trinajstić information content (AvgIpc) is 2.40. The summed E-state index contributed by atoms with van der Waals surface area (Å²) in [5.41, 5.74) is -2.45. The number of hydrogen-bond donors (Lipinski definition) is 1. The van der Waals surface area contributed by atoms with Gasteiger partial charge in [-0.05, 0) is 12.1 Å². The second-order valence-electron chi connectivity index (χ2n) is 3.86. The largest absolute Gasteiger partial charge is 0.391 e. The van der Waals surface area contributed by atoms with Gasteiger partial charge in [0.15, 0.2) is 23.3 Å². The first-order valence-corrected chi connectivity index (χ1v) is 6.05. The van der Waals surface area contributed by atoms with E-state index in [1.165, 1.54) is 18.2 Å². The molecule has 0 aliphatic carbocycles. The van der Waals surface area contributed by atoms with Gasteiger partial charge in [-0.2, -0.15) is 0 Å². The highest BCUT2D eigenvalue weighted by molar-refractivity contribution is 6.39. The third-order valence-corrected chi connectivity index (χ3v) is 3.36. The van der Waals surface area contributed by atoms with E-state index in [1.807, 2.05) is 0 Å². The first kappa shape index (κ1) is 15.1. The van der Waals surface area contributed by atoms with Crippen LogP contribution in [0.5, 0.6) is 0 Å². The van der Waals surface area contributed by atoms with Gasteiger partial charge in [-0.25, -0.2) is 17.6 Å². The molecule has 106 valence electrons. The summed E-state index contributed by atoms with van der Waals surface area (Å²) in [4.78, 5) is 0. The van der Waals surface area contributed by atoms with E-state index in [9.17, 15) is 17.6 Å². The van der Waals surface area contributed by atoms with Crippen LogP contribution < -0.4 is 0 Å². The van der Waals surface area contributed by atoms with Gasteiger partial charge < -0.3 is 5.11 Å². The smallest absolute Gasteiger partial charge is 0.170 e. The van der Waals surface area contributed by atoms with Gasteiger partial charge in [0.2, 0.25) is 0 Å². The van der Waals surface area contributed by atoms with Crippen molar-refractivity contribution >= 4 is 23.2 Å². The minimum atomic E-state index is -1.68. The maximum absolute atomic E-state index is 13.9. The van der Waals surface area contributed by atoms with E-state index in [0.29, 0.717) is 0 Å². The molecule has 0 fully saturated rings. The van der Waals surface area contributed by atoms with Crippen molar-refractivity contribution in [3.8, 4) is 11.1 Å². The zero-order valence-corrected chi connectivity index (χ0v) is 11.2. The molecule has 2 aromatic rings. The molecule has 0 spiro atoms. The molecule has 2 aromatic carbocycles. The van der Waals surface area contributed by atoms with Crippen LogP contribution in [0.15, 0.2) is 18.2 Å². The number of halogens is 6. The van der Waals surface area contributed by atoms with E-state index in [1.54, 1.807) is 0 Å². The molecule has 0 saturated carbocycles. The number of aliphatic hydroxyl groups is 1. The first-order chi connectivity index (χ1) is 9.40.